The van der Waals surface area contributed by atoms with Crippen molar-refractivity contribution in [1.82, 2.24) is 0 Å². The molecule has 0 saturated carbocycles. The van der Waals surface area contributed by atoms with Gasteiger partial charge < -0.3 is 0 Å². The summed E-state index contributed by atoms with van der Waals surface area (Å²) in [5.41, 5.74) is 0. The van der Waals surface area contributed by atoms with Crippen molar-refractivity contribution in [3.63, 3.8) is 0 Å². The van der Waals surface area contributed by atoms with Gasteiger partial charge in [-0.15, -0.1) is 0 Å². The fourth-order valence-electron chi connectivity index (χ4n) is 0.884. The second kappa shape index (κ2) is 6.41. The van der Waals surface area contributed by atoms with Gasteiger partial charge in [-0.3, -0.25) is 0 Å². The van der Waals surface area contributed by atoms with Crippen molar-refractivity contribution in [3.8, 4) is 0 Å². The van der Waals surface area contributed by atoms with Crippen LogP contribution in [0, 0.1) is 6.08 Å². The van der Waals surface area contributed by atoms with Gasteiger partial charge in [-0.2, -0.15) is 0 Å². The number of rotatable bonds is 0. The highest BCUT2D eigenvalue weighted by molar-refractivity contribution is 5.15. The summed E-state index contributed by atoms with van der Waals surface area (Å²) in [4.78, 5) is 0. The van der Waals surface area contributed by atoms with E-state index in [1.54, 1.807) is 0 Å². The van der Waals surface area contributed by atoms with Gasteiger partial charge >= 0.3 is 0 Å². The molecule has 0 amide bonds. The molecule has 0 unspecified atom stereocenters. The summed E-state index contributed by atoms with van der Waals surface area (Å²) < 4.78 is 0. The molecule has 0 heteroatoms. The van der Waals surface area contributed by atoms with Crippen LogP contribution in [0.4, 0.5) is 0 Å². The molecule has 0 saturated heterocycles. The molecule has 0 atom stereocenters. The maximum atomic E-state index is 3.03. The fraction of sp³-hybridized carbons (Fsp3) is 0.167. The van der Waals surface area contributed by atoms with Crippen LogP contribution in [-0.2, 0) is 0 Å². The van der Waals surface area contributed by atoms with Crippen LogP contribution in [0.15, 0.2) is 54.7 Å². The Bertz CT molecular complexity index is 211. The van der Waals surface area contributed by atoms with E-state index in [1.165, 1.54) is 0 Å². The predicted octanol–water partition coefficient (Wildman–Crippen LogP) is 3.36. The minimum Gasteiger partial charge on any atom is -0.0842 e. The number of allylic oxidation sites excluding steroid dienone is 10. The van der Waals surface area contributed by atoms with Crippen LogP contribution in [0.2, 0.25) is 0 Å². The number of hydrogen-bond acceptors (Lipinski definition) is 0. The van der Waals surface area contributed by atoms with Gasteiger partial charge in [-0.1, -0.05) is 54.7 Å². The Hall–Kier alpha value is -1.30. The van der Waals surface area contributed by atoms with E-state index < -0.39 is 0 Å². The van der Waals surface area contributed by atoms with E-state index in [2.05, 4.69) is 30.4 Å². The maximum absolute atomic E-state index is 3.03. The molecule has 61 valence electrons. The predicted molar refractivity (Wildman–Crippen MR) is 53.6 cm³/mol. The summed E-state index contributed by atoms with van der Waals surface area (Å²) in [6.07, 6.45) is 23.5. The Morgan fingerprint density at radius 3 is 2.33 bits per heavy atom. The summed E-state index contributed by atoms with van der Waals surface area (Å²) in [7, 11) is 0. The van der Waals surface area contributed by atoms with Crippen LogP contribution in [-0.4, -0.2) is 0 Å². The van der Waals surface area contributed by atoms with Gasteiger partial charge in [0.1, 0.15) is 0 Å². The maximum Gasteiger partial charge on any atom is -0.0184 e. The van der Waals surface area contributed by atoms with Crippen molar-refractivity contribution < 1.29 is 0 Å². The molecule has 0 N–H and O–H groups in total. The topological polar surface area (TPSA) is 0 Å². The molecule has 1 aliphatic carbocycles. The van der Waals surface area contributed by atoms with Gasteiger partial charge in [-0.25, -0.2) is 0 Å². The third-order valence-corrected chi connectivity index (χ3v) is 1.49. The van der Waals surface area contributed by atoms with Gasteiger partial charge in [0, 0.05) is 0 Å². The third-order valence-electron chi connectivity index (χ3n) is 1.49. The van der Waals surface area contributed by atoms with Crippen molar-refractivity contribution in [3.05, 3.63) is 60.8 Å². The van der Waals surface area contributed by atoms with Crippen molar-refractivity contribution in [1.29, 1.82) is 0 Å². The van der Waals surface area contributed by atoms with Gasteiger partial charge in [0.05, 0.1) is 0 Å². The Labute approximate surface area is 74.3 Å². The minimum absolute atomic E-state index is 1.11. The molecular formula is C12H13. The first kappa shape index (κ1) is 8.79. The second-order valence-electron chi connectivity index (χ2n) is 2.51. The van der Waals surface area contributed by atoms with Crippen LogP contribution >= 0.6 is 0 Å². The lowest BCUT2D eigenvalue weighted by Crippen LogP contribution is -1.64. The molecule has 0 heterocycles. The zero-order valence-corrected chi connectivity index (χ0v) is 7.11. The van der Waals surface area contributed by atoms with E-state index >= 15 is 0 Å². The SMILES string of the molecule is [C]1=C\C=C\C=C/CC/C=C/C=C/1. The van der Waals surface area contributed by atoms with Crippen LogP contribution in [0.3, 0.4) is 0 Å². The minimum atomic E-state index is 1.11. The first-order valence-electron chi connectivity index (χ1n) is 4.23. The lowest BCUT2D eigenvalue weighted by Gasteiger charge is -1.84. The highest BCUT2D eigenvalue weighted by Gasteiger charge is 1.74. The molecule has 0 aromatic carbocycles. The van der Waals surface area contributed by atoms with Crippen LogP contribution < -0.4 is 0 Å². The van der Waals surface area contributed by atoms with Crippen molar-refractivity contribution in [2.75, 3.05) is 0 Å². The van der Waals surface area contributed by atoms with Gasteiger partial charge in [0.25, 0.3) is 0 Å². The quantitative estimate of drug-likeness (QED) is 0.505. The molecule has 1 radical (unpaired) electrons. The average molecular weight is 157 g/mol. The zero-order valence-electron chi connectivity index (χ0n) is 7.11. The van der Waals surface area contributed by atoms with Crippen molar-refractivity contribution >= 4 is 0 Å². The molecule has 0 bridgehead atoms. The fourth-order valence-corrected chi connectivity index (χ4v) is 0.884. The first-order chi connectivity index (χ1) is 6.00. The molecule has 0 spiro atoms. The standard InChI is InChI=1S/C12H13/c1-2-4-6-8-10-12-11-9-7-5-3-1/h1-5,9-12H,6,8H2/b3-1+,4-2-,7-5?,11-9+,12-10+. The largest absolute Gasteiger partial charge is 0.0842 e. The second-order valence-corrected chi connectivity index (χ2v) is 2.51. The van der Waals surface area contributed by atoms with E-state index in [0.29, 0.717) is 0 Å². The Kier molecular flexibility index (Phi) is 4.70. The van der Waals surface area contributed by atoms with Crippen LogP contribution in [0.25, 0.3) is 0 Å². The van der Waals surface area contributed by atoms with Gasteiger partial charge in [0.2, 0.25) is 0 Å². The summed E-state index contributed by atoms with van der Waals surface area (Å²) in [5.74, 6) is 0. The Morgan fingerprint density at radius 2 is 1.50 bits per heavy atom. The van der Waals surface area contributed by atoms with Crippen molar-refractivity contribution in [2.45, 2.75) is 12.8 Å². The molecule has 1 aliphatic rings. The molecule has 0 aliphatic heterocycles. The van der Waals surface area contributed by atoms with E-state index in [1.807, 2.05) is 30.4 Å². The molecule has 0 nitrogen and oxygen atoms in total. The normalized spacial score (nSPS) is 30.7. The van der Waals surface area contributed by atoms with E-state index in [9.17, 15) is 0 Å². The smallest absolute Gasteiger partial charge is 0.0184 e. The third kappa shape index (κ3) is 4.51. The zero-order chi connectivity index (χ0) is 8.49. The van der Waals surface area contributed by atoms with E-state index in [4.69, 9.17) is 0 Å². The lowest BCUT2D eigenvalue weighted by atomic mass is 10.2. The number of hydrogen-bond donors (Lipinski definition) is 0. The highest BCUT2D eigenvalue weighted by Crippen LogP contribution is 1.94. The summed E-state index contributed by atoms with van der Waals surface area (Å²) >= 11 is 0. The monoisotopic (exact) mass is 157 g/mol. The molecule has 0 aromatic rings. The molecule has 0 fully saturated rings. The van der Waals surface area contributed by atoms with Gasteiger partial charge in [0.15, 0.2) is 0 Å². The average Bonchev–Trinajstić information content (AvgIpc) is 2.05. The van der Waals surface area contributed by atoms with Crippen LogP contribution in [0.1, 0.15) is 12.8 Å². The Balaban J connectivity index is 2.55. The van der Waals surface area contributed by atoms with Crippen LogP contribution in [0.5, 0.6) is 0 Å². The van der Waals surface area contributed by atoms with Gasteiger partial charge in [-0.05, 0) is 18.9 Å². The van der Waals surface area contributed by atoms with Crippen molar-refractivity contribution in [2.24, 2.45) is 0 Å². The summed E-state index contributed by atoms with van der Waals surface area (Å²) in [5, 5.41) is 0. The molecule has 1 rings (SSSR count). The van der Waals surface area contributed by atoms with E-state index in [0.717, 1.165) is 12.8 Å². The molecular weight excluding hydrogens is 144 g/mol. The Morgan fingerprint density at radius 1 is 0.750 bits per heavy atom. The lowest BCUT2D eigenvalue weighted by molar-refractivity contribution is 1.05. The first-order valence-corrected chi connectivity index (χ1v) is 4.23. The summed E-state index contributed by atoms with van der Waals surface area (Å²) in [6.45, 7) is 0. The molecule has 0 aromatic heterocycles. The van der Waals surface area contributed by atoms with E-state index in [-0.39, 0.29) is 0 Å². The summed E-state index contributed by atoms with van der Waals surface area (Å²) in [6, 6.07) is 0. The highest BCUT2D eigenvalue weighted by atomic mass is 13.8. The molecule has 12 heavy (non-hydrogen) atoms.